The number of hydrogen-bond acceptors (Lipinski definition) is 7. The topological polar surface area (TPSA) is 113 Å². The lowest BCUT2D eigenvalue weighted by atomic mass is 9.90. The minimum Gasteiger partial charge on any atom is -0.381 e. The lowest BCUT2D eigenvalue weighted by Gasteiger charge is -2.36. The maximum atomic E-state index is 13.4. The zero-order valence-electron chi connectivity index (χ0n) is 19.1. The van der Waals surface area contributed by atoms with Gasteiger partial charge in [-0.25, -0.2) is 18.2 Å². The molecule has 5 rings (SSSR count). The van der Waals surface area contributed by atoms with E-state index in [0.717, 1.165) is 45.3 Å². The lowest BCUT2D eigenvalue weighted by molar-refractivity contribution is -0.0776. The molecule has 1 spiro atoms. The smallest absolute Gasteiger partial charge is 0.317 e. The standard InChI is InChI=1S/C22H33N5O5S/c1-16-11-20(25-17-12-22(32-15-17)4-9-31-10-5-22)24-13-19(16)33(29,30)26-7-2-3-18(14-26)27-8-6-23-21(27)28/h11,13,17-18H,2-10,12,14-15H2,1H3,(H,23,28)(H,24,25). The Morgan fingerprint density at radius 3 is 2.82 bits per heavy atom. The maximum Gasteiger partial charge on any atom is 0.317 e. The van der Waals surface area contributed by atoms with Gasteiger partial charge < -0.3 is 25.0 Å². The van der Waals surface area contributed by atoms with Crippen LogP contribution in [0.2, 0.25) is 0 Å². The second-order valence-electron chi connectivity index (χ2n) is 9.57. The van der Waals surface area contributed by atoms with Gasteiger partial charge in [-0.1, -0.05) is 0 Å². The third-order valence-electron chi connectivity index (χ3n) is 7.34. The van der Waals surface area contributed by atoms with Crippen molar-refractivity contribution >= 4 is 21.9 Å². The average Bonchev–Trinajstić information content (AvgIpc) is 3.40. The van der Waals surface area contributed by atoms with Crippen LogP contribution in [0.3, 0.4) is 0 Å². The number of nitrogens with one attached hydrogen (secondary N) is 2. The van der Waals surface area contributed by atoms with E-state index >= 15 is 0 Å². The van der Waals surface area contributed by atoms with E-state index in [2.05, 4.69) is 15.6 Å². The summed E-state index contributed by atoms with van der Waals surface area (Å²) in [6.45, 7) is 5.89. The Labute approximate surface area is 195 Å². The molecule has 4 fully saturated rings. The normalized spacial score (nSPS) is 28.3. The summed E-state index contributed by atoms with van der Waals surface area (Å²) in [5, 5.41) is 6.23. The summed E-state index contributed by atoms with van der Waals surface area (Å²) in [6.07, 6.45) is 5.72. The van der Waals surface area contributed by atoms with Crippen LogP contribution in [-0.2, 0) is 19.5 Å². The third-order valence-corrected chi connectivity index (χ3v) is 9.33. The summed E-state index contributed by atoms with van der Waals surface area (Å²) in [5.41, 5.74) is 0.555. The Hall–Kier alpha value is -1.95. The van der Waals surface area contributed by atoms with E-state index in [0.29, 0.717) is 44.2 Å². The summed E-state index contributed by atoms with van der Waals surface area (Å²) in [6, 6.07) is 1.75. The molecule has 4 saturated heterocycles. The summed E-state index contributed by atoms with van der Waals surface area (Å²) in [7, 11) is -3.69. The van der Waals surface area contributed by atoms with Gasteiger partial charge in [-0.3, -0.25) is 0 Å². The van der Waals surface area contributed by atoms with E-state index in [1.165, 1.54) is 10.5 Å². The van der Waals surface area contributed by atoms with Gasteiger partial charge in [0.25, 0.3) is 0 Å². The van der Waals surface area contributed by atoms with Crippen molar-refractivity contribution in [3.63, 3.8) is 0 Å². The number of amides is 2. The number of carbonyl (C=O) groups excluding carboxylic acids is 1. The molecular formula is C22H33N5O5S. The van der Waals surface area contributed by atoms with Crippen LogP contribution in [0.1, 0.15) is 37.7 Å². The van der Waals surface area contributed by atoms with Crippen LogP contribution >= 0.6 is 0 Å². The van der Waals surface area contributed by atoms with E-state index in [-0.39, 0.29) is 28.6 Å². The fourth-order valence-corrected chi connectivity index (χ4v) is 7.17. The first-order valence-corrected chi connectivity index (χ1v) is 13.3. The molecular weight excluding hydrogens is 446 g/mol. The van der Waals surface area contributed by atoms with Gasteiger partial charge >= 0.3 is 6.03 Å². The van der Waals surface area contributed by atoms with E-state index in [1.54, 1.807) is 17.9 Å². The molecule has 2 amide bonds. The van der Waals surface area contributed by atoms with Crippen molar-refractivity contribution in [1.29, 1.82) is 0 Å². The molecule has 4 aliphatic heterocycles. The van der Waals surface area contributed by atoms with Gasteiger partial charge in [-0.15, -0.1) is 0 Å². The van der Waals surface area contributed by atoms with Crippen molar-refractivity contribution in [3.8, 4) is 0 Å². The Morgan fingerprint density at radius 2 is 2.09 bits per heavy atom. The molecule has 1 aromatic heterocycles. The number of anilines is 1. The highest BCUT2D eigenvalue weighted by atomic mass is 32.2. The molecule has 0 saturated carbocycles. The number of piperidine rings is 1. The molecule has 0 aliphatic carbocycles. The van der Waals surface area contributed by atoms with Gasteiger partial charge in [-0.2, -0.15) is 4.31 Å². The second-order valence-corrected chi connectivity index (χ2v) is 11.5. The summed E-state index contributed by atoms with van der Waals surface area (Å²) in [5.74, 6) is 0.661. The van der Waals surface area contributed by atoms with E-state index in [4.69, 9.17) is 9.47 Å². The number of sulfonamides is 1. The van der Waals surface area contributed by atoms with Crippen LogP contribution < -0.4 is 10.6 Å². The minimum absolute atomic E-state index is 0.0925. The van der Waals surface area contributed by atoms with Gasteiger partial charge in [0.05, 0.1) is 18.2 Å². The number of hydrogen-bond donors (Lipinski definition) is 2. The minimum atomic E-state index is -3.69. The summed E-state index contributed by atoms with van der Waals surface area (Å²) < 4.78 is 39.9. The highest BCUT2D eigenvalue weighted by Gasteiger charge is 2.42. The molecule has 0 radical (unpaired) electrons. The van der Waals surface area contributed by atoms with Crippen molar-refractivity contribution in [2.75, 3.05) is 51.3 Å². The number of carbonyl (C=O) groups is 1. The zero-order valence-corrected chi connectivity index (χ0v) is 19.9. The predicted molar refractivity (Wildman–Crippen MR) is 122 cm³/mol. The van der Waals surface area contributed by atoms with E-state index in [1.807, 2.05) is 0 Å². The van der Waals surface area contributed by atoms with Crippen molar-refractivity contribution in [3.05, 3.63) is 17.8 Å². The monoisotopic (exact) mass is 479 g/mol. The van der Waals surface area contributed by atoms with Crippen LogP contribution in [-0.4, -0.2) is 92.3 Å². The molecule has 0 aromatic carbocycles. The molecule has 2 atom stereocenters. The number of ether oxygens (including phenoxy) is 2. The molecule has 1 aromatic rings. The number of aromatic nitrogens is 1. The Bertz CT molecular complexity index is 997. The fraction of sp³-hybridized carbons (Fsp3) is 0.727. The zero-order chi connectivity index (χ0) is 23.1. The molecule has 4 aliphatic rings. The summed E-state index contributed by atoms with van der Waals surface area (Å²) >= 11 is 0. The SMILES string of the molecule is Cc1cc(NC2COC3(CCOCC3)C2)ncc1S(=O)(=O)N1CCCC(N2CCNC2=O)C1. The number of nitrogens with zero attached hydrogens (tertiary/aromatic N) is 3. The number of rotatable bonds is 5. The van der Waals surface area contributed by atoms with Crippen LogP contribution in [0.25, 0.3) is 0 Å². The van der Waals surface area contributed by atoms with Gasteiger partial charge in [0.15, 0.2) is 0 Å². The Kier molecular flexibility index (Phi) is 6.23. The fourth-order valence-electron chi connectivity index (χ4n) is 5.50. The van der Waals surface area contributed by atoms with Crippen molar-refractivity contribution in [2.45, 2.75) is 61.6 Å². The van der Waals surface area contributed by atoms with Crippen LogP contribution in [0.5, 0.6) is 0 Å². The molecule has 5 heterocycles. The first-order chi connectivity index (χ1) is 15.9. The first-order valence-electron chi connectivity index (χ1n) is 11.9. The highest BCUT2D eigenvalue weighted by molar-refractivity contribution is 7.89. The molecule has 182 valence electrons. The maximum absolute atomic E-state index is 13.4. The van der Waals surface area contributed by atoms with E-state index < -0.39 is 10.0 Å². The van der Waals surface area contributed by atoms with Crippen LogP contribution in [0.4, 0.5) is 10.6 Å². The molecule has 10 nitrogen and oxygen atoms in total. The molecule has 11 heteroatoms. The van der Waals surface area contributed by atoms with Gasteiger partial charge in [0.2, 0.25) is 10.0 Å². The molecule has 2 unspecified atom stereocenters. The number of aryl methyl sites for hydroxylation is 1. The van der Waals surface area contributed by atoms with Gasteiger partial charge in [-0.05, 0) is 50.7 Å². The van der Waals surface area contributed by atoms with Crippen molar-refractivity contribution in [2.24, 2.45) is 0 Å². The number of urea groups is 1. The Balaban J connectivity index is 1.26. The Morgan fingerprint density at radius 1 is 1.27 bits per heavy atom. The van der Waals surface area contributed by atoms with Crippen molar-refractivity contribution in [1.82, 2.24) is 19.5 Å². The van der Waals surface area contributed by atoms with E-state index in [9.17, 15) is 13.2 Å². The predicted octanol–water partition coefficient (Wildman–Crippen LogP) is 1.32. The van der Waals surface area contributed by atoms with Gasteiger partial charge in [0.1, 0.15) is 10.7 Å². The lowest BCUT2D eigenvalue weighted by Crippen LogP contribution is -2.50. The molecule has 0 bridgehead atoms. The van der Waals surface area contributed by atoms with Gasteiger partial charge in [0, 0.05) is 51.6 Å². The molecule has 2 N–H and O–H groups in total. The quantitative estimate of drug-likeness (QED) is 0.655. The highest BCUT2D eigenvalue weighted by Crippen LogP contribution is 2.36. The van der Waals surface area contributed by atoms with Crippen molar-refractivity contribution < 1.29 is 22.7 Å². The largest absolute Gasteiger partial charge is 0.381 e. The number of pyridine rings is 1. The summed E-state index contributed by atoms with van der Waals surface area (Å²) in [4.78, 5) is 18.5. The average molecular weight is 480 g/mol. The molecule has 33 heavy (non-hydrogen) atoms. The van der Waals surface area contributed by atoms with Crippen LogP contribution in [0, 0.1) is 6.92 Å². The van der Waals surface area contributed by atoms with Crippen LogP contribution in [0.15, 0.2) is 17.2 Å². The second kappa shape index (κ2) is 9.01. The first kappa shape index (κ1) is 22.8. The third kappa shape index (κ3) is 4.55.